The van der Waals surface area contributed by atoms with Gasteiger partial charge in [0, 0.05) is 5.56 Å². The molecule has 0 unspecified atom stereocenters. The van der Waals surface area contributed by atoms with Crippen molar-refractivity contribution in [2.45, 2.75) is 52.1 Å². The number of phenolic OH excluding ortho intramolecular Hbond substituents is 1. The van der Waals surface area contributed by atoms with Gasteiger partial charge in [-0.3, -0.25) is 4.79 Å². The number of phenols is 1. The summed E-state index contributed by atoms with van der Waals surface area (Å²) >= 11 is 5.88. The smallest absolute Gasteiger partial charge is 0.321 e. The molecule has 0 heterocycles. The van der Waals surface area contributed by atoms with Gasteiger partial charge in [-0.25, -0.2) is 0 Å². The number of aldehydes is 1. The van der Waals surface area contributed by atoms with Crippen molar-refractivity contribution in [2.75, 3.05) is 0 Å². The largest absolute Gasteiger partial charge is 0.506 e. The summed E-state index contributed by atoms with van der Waals surface area (Å²) in [5, 5.41) is 10.1. The molecule has 4 nitrogen and oxygen atoms in total. The van der Waals surface area contributed by atoms with Gasteiger partial charge in [0.05, 0.1) is 5.02 Å². The minimum Gasteiger partial charge on any atom is -0.506 e. The Morgan fingerprint density at radius 3 is 2.71 bits per heavy atom. The van der Waals surface area contributed by atoms with Crippen molar-refractivity contribution in [2.24, 2.45) is 17.8 Å². The maximum Gasteiger partial charge on any atom is 0.321 e. The minimum atomic E-state index is -1.16. The number of hydrogen-bond acceptors (Lipinski definition) is 4. The van der Waals surface area contributed by atoms with Crippen molar-refractivity contribution >= 4 is 23.9 Å². The molecule has 1 fully saturated rings. The predicted octanol–water partition coefficient (Wildman–Crippen LogP) is 4.33. The average Bonchev–Trinajstić information content (AvgIpc) is 2.52. The molecule has 4 atom stereocenters. The number of esters is 1. The van der Waals surface area contributed by atoms with Crippen LogP contribution in [0.2, 0.25) is 5.02 Å². The van der Waals surface area contributed by atoms with E-state index in [0.717, 1.165) is 19.3 Å². The quantitative estimate of drug-likeness (QED) is 0.486. The molecule has 24 heavy (non-hydrogen) atoms. The molecule has 2 rings (SSSR count). The number of ether oxygens (including phenoxy) is 1. The van der Waals surface area contributed by atoms with E-state index >= 15 is 0 Å². The van der Waals surface area contributed by atoms with E-state index in [9.17, 15) is 14.7 Å². The van der Waals surface area contributed by atoms with Gasteiger partial charge < -0.3 is 14.6 Å². The lowest BCUT2D eigenvalue weighted by molar-refractivity contribution is -0.158. The van der Waals surface area contributed by atoms with Crippen molar-refractivity contribution in [1.29, 1.82) is 0 Å². The summed E-state index contributed by atoms with van der Waals surface area (Å²) in [7, 11) is 0. The van der Waals surface area contributed by atoms with Gasteiger partial charge in [-0.15, -0.1) is 0 Å². The van der Waals surface area contributed by atoms with E-state index in [0.29, 0.717) is 24.0 Å². The van der Waals surface area contributed by atoms with Crippen LogP contribution in [0.5, 0.6) is 5.75 Å². The summed E-state index contributed by atoms with van der Waals surface area (Å²) in [5.74, 6) is -0.825. The number of aromatic hydroxyl groups is 1. The number of carbonyl (C=O) groups is 2. The molecule has 1 N–H and O–H groups in total. The van der Waals surface area contributed by atoms with E-state index in [2.05, 4.69) is 20.8 Å². The Morgan fingerprint density at radius 2 is 2.08 bits per heavy atom. The molecule has 0 saturated heterocycles. The van der Waals surface area contributed by atoms with Crippen LogP contribution in [0.25, 0.3) is 0 Å². The van der Waals surface area contributed by atoms with E-state index in [4.69, 9.17) is 16.3 Å². The minimum absolute atomic E-state index is 0.110. The first-order valence-electron chi connectivity index (χ1n) is 8.48. The van der Waals surface area contributed by atoms with Crippen molar-refractivity contribution in [1.82, 2.24) is 0 Å². The van der Waals surface area contributed by atoms with Crippen LogP contribution in [0.1, 0.15) is 51.5 Å². The average molecular weight is 353 g/mol. The first-order chi connectivity index (χ1) is 11.3. The zero-order chi connectivity index (χ0) is 17.9. The maximum atomic E-state index is 12.6. The monoisotopic (exact) mass is 352 g/mol. The van der Waals surface area contributed by atoms with E-state index in [-0.39, 0.29) is 22.4 Å². The van der Waals surface area contributed by atoms with Gasteiger partial charge in [0.1, 0.15) is 24.1 Å². The zero-order valence-electron chi connectivity index (χ0n) is 14.4. The van der Waals surface area contributed by atoms with Crippen LogP contribution in [0.3, 0.4) is 0 Å². The first kappa shape index (κ1) is 18.8. The highest BCUT2D eigenvalue weighted by atomic mass is 35.5. The molecule has 0 aromatic heterocycles. The van der Waals surface area contributed by atoms with Crippen LogP contribution >= 0.6 is 11.6 Å². The third kappa shape index (κ3) is 4.10. The number of para-hydroxylation sites is 1. The number of halogens is 1. The fourth-order valence-electron chi connectivity index (χ4n) is 3.51. The van der Waals surface area contributed by atoms with E-state index in [1.54, 1.807) is 6.07 Å². The number of hydrogen-bond donors (Lipinski definition) is 1. The second-order valence-corrected chi connectivity index (χ2v) is 7.50. The molecule has 5 heteroatoms. The lowest BCUT2D eigenvalue weighted by atomic mass is 9.75. The molecular weight excluding hydrogens is 328 g/mol. The summed E-state index contributed by atoms with van der Waals surface area (Å²) < 4.78 is 5.71. The topological polar surface area (TPSA) is 63.6 Å². The van der Waals surface area contributed by atoms with E-state index in [1.165, 1.54) is 12.1 Å². The highest BCUT2D eigenvalue weighted by molar-refractivity contribution is 6.32. The molecule has 1 aliphatic rings. The van der Waals surface area contributed by atoms with Gasteiger partial charge >= 0.3 is 5.97 Å². The third-order valence-corrected chi connectivity index (χ3v) is 5.28. The molecule has 1 aromatic rings. The lowest BCUT2D eigenvalue weighted by Gasteiger charge is -2.37. The van der Waals surface area contributed by atoms with Crippen LogP contribution in [-0.2, 0) is 14.3 Å². The second-order valence-electron chi connectivity index (χ2n) is 7.09. The van der Waals surface area contributed by atoms with Crippen LogP contribution in [0, 0.1) is 17.8 Å². The van der Waals surface area contributed by atoms with Gasteiger partial charge in [-0.2, -0.15) is 0 Å². The Balaban J connectivity index is 2.19. The fourth-order valence-corrected chi connectivity index (χ4v) is 3.69. The fraction of sp³-hybridized carbons (Fsp3) is 0.579. The zero-order valence-corrected chi connectivity index (χ0v) is 15.1. The first-order valence-corrected chi connectivity index (χ1v) is 8.86. The van der Waals surface area contributed by atoms with Crippen molar-refractivity contribution < 1.29 is 19.4 Å². The number of benzene rings is 1. The summed E-state index contributed by atoms with van der Waals surface area (Å²) in [6, 6.07) is 4.62. The maximum absolute atomic E-state index is 12.6. The van der Waals surface area contributed by atoms with Crippen LogP contribution in [-0.4, -0.2) is 23.5 Å². The number of rotatable bonds is 5. The van der Waals surface area contributed by atoms with Gasteiger partial charge in [0.25, 0.3) is 0 Å². The summed E-state index contributed by atoms with van der Waals surface area (Å²) in [6.07, 6.45) is 3.27. The Bertz CT molecular complexity index is 599. The van der Waals surface area contributed by atoms with Crippen molar-refractivity contribution in [3.05, 3.63) is 28.8 Å². The highest BCUT2D eigenvalue weighted by Crippen LogP contribution is 2.37. The molecular formula is C19H25ClO4. The molecule has 0 amide bonds. The van der Waals surface area contributed by atoms with E-state index in [1.807, 2.05) is 0 Å². The standard InChI is InChI=1S/C19H25ClO4/c1-11(2)13-8-7-12(3)9-17(13)24-19(23)15(10-21)14-5-4-6-16(20)18(14)22/h4-6,10-13,15,17,22H,7-9H2,1-3H3/t12-,13+,15+,17-/m0/s1. The molecule has 0 aliphatic heterocycles. The molecule has 0 spiro atoms. The second kappa shape index (κ2) is 8.02. The van der Waals surface area contributed by atoms with Gasteiger partial charge in [0.15, 0.2) is 0 Å². The molecule has 0 radical (unpaired) electrons. The predicted molar refractivity (Wildman–Crippen MR) is 93.1 cm³/mol. The third-order valence-electron chi connectivity index (χ3n) is 4.97. The summed E-state index contributed by atoms with van der Waals surface area (Å²) in [6.45, 7) is 6.40. The van der Waals surface area contributed by atoms with Gasteiger partial charge in [-0.1, -0.05) is 50.9 Å². The Morgan fingerprint density at radius 1 is 1.38 bits per heavy atom. The van der Waals surface area contributed by atoms with Crippen LogP contribution in [0.4, 0.5) is 0 Å². The number of carbonyl (C=O) groups excluding carboxylic acids is 2. The van der Waals surface area contributed by atoms with E-state index < -0.39 is 11.9 Å². The van der Waals surface area contributed by atoms with Gasteiger partial charge in [-0.05, 0) is 36.7 Å². The molecule has 1 aromatic carbocycles. The molecule has 0 bridgehead atoms. The van der Waals surface area contributed by atoms with Gasteiger partial charge in [0.2, 0.25) is 0 Å². The summed E-state index contributed by atoms with van der Waals surface area (Å²) in [5.41, 5.74) is 0.187. The van der Waals surface area contributed by atoms with Crippen molar-refractivity contribution in [3.63, 3.8) is 0 Å². The molecule has 1 aliphatic carbocycles. The van der Waals surface area contributed by atoms with Crippen molar-refractivity contribution in [3.8, 4) is 5.75 Å². The molecule has 132 valence electrons. The SMILES string of the molecule is CC(C)[C@H]1CC[C@H](C)C[C@@H]1OC(=O)[C@H](C=O)c1cccc(Cl)c1O. The Labute approximate surface area is 148 Å². The van der Waals surface area contributed by atoms with Crippen LogP contribution in [0.15, 0.2) is 18.2 Å². The summed E-state index contributed by atoms with van der Waals surface area (Å²) in [4.78, 5) is 24.1. The highest BCUT2D eigenvalue weighted by Gasteiger charge is 2.35. The normalized spacial score (nSPS) is 25.3. The Hall–Kier alpha value is -1.55. The molecule has 1 saturated carbocycles. The Kier molecular flexibility index (Phi) is 6.27. The lowest BCUT2D eigenvalue weighted by Crippen LogP contribution is -2.37. The van der Waals surface area contributed by atoms with Crippen LogP contribution < -0.4 is 0 Å².